The molecule has 0 radical (unpaired) electrons. The van der Waals surface area contributed by atoms with E-state index in [0.717, 1.165) is 25.9 Å². The lowest BCUT2D eigenvalue weighted by Gasteiger charge is -2.32. The number of hydrogen-bond acceptors (Lipinski definition) is 14. The van der Waals surface area contributed by atoms with Gasteiger partial charge in [0.1, 0.15) is 48.2 Å². The van der Waals surface area contributed by atoms with Crippen molar-refractivity contribution in [3.05, 3.63) is 130 Å². The van der Waals surface area contributed by atoms with Gasteiger partial charge >= 0.3 is 17.9 Å². The summed E-state index contributed by atoms with van der Waals surface area (Å²) in [4.78, 5) is 83.6. The minimum absolute atomic E-state index is 0.0257. The van der Waals surface area contributed by atoms with Crippen LogP contribution >= 0.6 is 0 Å². The maximum absolute atomic E-state index is 12.6. The number of rotatable bonds is 23. The maximum atomic E-state index is 12.6. The van der Waals surface area contributed by atoms with Gasteiger partial charge in [0.15, 0.2) is 0 Å². The molecule has 0 bridgehead atoms. The summed E-state index contributed by atoms with van der Waals surface area (Å²) in [6.45, 7) is 6.99. The molecule has 71 heavy (non-hydrogen) atoms. The van der Waals surface area contributed by atoms with Crippen LogP contribution in [-0.4, -0.2) is 124 Å². The lowest BCUT2D eigenvalue weighted by atomic mass is 10.0. The molecule has 2 amide bonds. The topological polar surface area (TPSA) is 385 Å². The summed E-state index contributed by atoms with van der Waals surface area (Å²) in [5.74, 6) is -6.18. The van der Waals surface area contributed by atoms with Crippen LogP contribution in [0, 0.1) is 16.2 Å². The Hall–Kier alpha value is -9.08. The average molecular weight is 978 g/mol. The largest absolute Gasteiger partial charge is 0.491 e. The van der Waals surface area contributed by atoms with Crippen molar-refractivity contribution in [2.24, 2.45) is 17.2 Å². The standard InChI is InChI=1S/C27H32N4O6.C22H23N5O7/c1-17(28)20-3-4-21(15-24(32)27(34)35)25(16-20)36-14-11-30-26(33)19-5-7-22(8-6-19)37-23-9-12-31(13-10-23)18(2)29;23-19(24)11-1-3-12(4-2-11)21(31)27-15(9-18(29)30)10-34-17-8-14(20(25)26)6-5-13(17)7-16(28)22(32)33/h3-8,16,23,29H,1,9-15,28H2,2H3,(H,30,33)(H,34,35);1-6,8,15H,7,9-10H2,(H3,23,24)(H3,25,26)(H,27,31)(H,29,30)(H,32,33)/t;15-/m.1/s1. The fraction of sp³-hybridized carbons (Fsp3) is 0.265. The van der Waals surface area contributed by atoms with Gasteiger partial charge < -0.3 is 62.3 Å². The molecule has 0 unspecified atom stereocenters. The quantitative estimate of drug-likeness (QED) is 0.0220. The van der Waals surface area contributed by atoms with Crippen molar-refractivity contribution in [2.45, 2.75) is 51.2 Å². The number of carbonyl (C=O) groups excluding carboxylic acids is 4. The molecule has 14 N–H and O–H groups in total. The lowest BCUT2D eigenvalue weighted by Crippen LogP contribution is -2.40. The number of likely N-dealkylation sites (tertiary alicyclic amines) is 1. The van der Waals surface area contributed by atoms with Gasteiger partial charge in [-0.15, -0.1) is 0 Å². The number of aliphatic carboxylic acids is 3. The number of carboxylic acids is 3. The minimum Gasteiger partial charge on any atom is -0.491 e. The van der Waals surface area contributed by atoms with Crippen molar-refractivity contribution in [1.82, 2.24) is 15.5 Å². The van der Waals surface area contributed by atoms with E-state index >= 15 is 0 Å². The molecule has 22 nitrogen and oxygen atoms in total. The number of nitrogen functional groups attached to an aromatic ring is 2. The number of carbonyl (C=O) groups is 7. The van der Waals surface area contributed by atoms with Crippen LogP contribution in [0.25, 0.3) is 5.70 Å². The molecule has 0 spiro atoms. The first-order chi connectivity index (χ1) is 33.6. The van der Waals surface area contributed by atoms with Gasteiger partial charge in [0, 0.05) is 83.4 Å². The summed E-state index contributed by atoms with van der Waals surface area (Å²) in [6.07, 6.45) is 0.441. The summed E-state index contributed by atoms with van der Waals surface area (Å²) in [6, 6.07) is 20.6. The second-order valence-corrected chi connectivity index (χ2v) is 16.0. The Morgan fingerprint density at radius 3 is 1.68 bits per heavy atom. The van der Waals surface area contributed by atoms with E-state index in [1.54, 1.807) is 49.4 Å². The Balaban J connectivity index is 0.000000310. The van der Waals surface area contributed by atoms with Crippen LogP contribution in [0.2, 0.25) is 0 Å². The highest BCUT2D eigenvalue weighted by atomic mass is 16.5. The Kier molecular flexibility index (Phi) is 19.9. The molecule has 1 fully saturated rings. The molecule has 4 aromatic carbocycles. The summed E-state index contributed by atoms with van der Waals surface area (Å²) in [5.41, 5.74) is 19.4. The number of ether oxygens (including phenoxy) is 3. The number of nitrogens with one attached hydrogen (secondary N) is 5. The van der Waals surface area contributed by atoms with Gasteiger partial charge in [0.05, 0.1) is 24.8 Å². The van der Waals surface area contributed by atoms with Gasteiger partial charge in [-0.05, 0) is 55.5 Å². The van der Waals surface area contributed by atoms with E-state index in [4.69, 9.17) is 57.9 Å². The van der Waals surface area contributed by atoms with Crippen LogP contribution in [0.5, 0.6) is 17.2 Å². The normalized spacial score (nSPS) is 12.4. The molecule has 4 aromatic rings. The van der Waals surface area contributed by atoms with Crippen LogP contribution in [0.15, 0.2) is 91.5 Å². The Morgan fingerprint density at radius 1 is 0.690 bits per heavy atom. The first-order valence-electron chi connectivity index (χ1n) is 21.8. The molecule has 5 rings (SSSR count). The fourth-order valence-electron chi connectivity index (χ4n) is 6.77. The molecule has 1 atom stereocenters. The number of amides is 2. The molecule has 22 heteroatoms. The number of Topliss-reactive ketones (excluding diaryl/α,β-unsaturated/α-hetero) is 2. The zero-order chi connectivity index (χ0) is 52.4. The van der Waals surface area contributed by atoms with Crippen LogP contribution < -0.4 is 42.0 Å². The predicted octanol–water partition coefficient (Wildman–Crippen LogP) is 2.56. The molecular weight excluding hydrogens is 923 g/mol. The van der Waals surface area contributed by atoms with Crippen LogP contribution in [0.4, 0.5) is 0 Å². The number of amidine groups is 3. The number of hydrogen-bond donors (Lipinski definition) is 11. The van der Waals surface area contributed by atoms with Crippen molar-refractivity contribution >= 4 is 64.5 Å². The fourth-order valence-corrected chi connectivity index (χ4v) is 6.77. The first-order valence-corrected chi connectivity index (χ1v) is 21.8. The molecule has 0 saturated carbocycles. The third kappa shape index (κ3) is 17.2. The second kappa shape index (κ2) is 25.9. The van der Waals surface area contributed by atoms with Crippen molar-refractivity contribution < 1.29 is 63.1 Å². The highest BCUT2D eigenvalue weighted by molar-refractivity contribution is 6.33. The average Bonchev–Trinajstić information content (AvgIpc) is 3.32. The Bertz CT molecular complexity index is 2680. The highest BCUT2D eigenvalue weighted by Gasteiger charge is 2.23. The number of carboxylic acid groups (broad SMARTS) is 3. The third-order valence-corrected chi connectivity index (χ3v) is 10.6. The monoisotopic (exact) mass is 977 g/mol. The SMILES string of the molecule is C=C(N)c1ccc(CC(=O)C(=O)O)c(OCCNC(=O)c2ccc(OC3CCN(C(C)=N)CC3)cc2)c1.N=C(N)c1ccc(C(=O)N[C@@H](COc2cc(C(=N)N)ccc2CC(=O)C(=O)O)CC(=O)O)cc1. The molecule has 1 heterocycles. The molecule has 1 saturated heterocycles. The lowest BCUT2D eigenvalue weighted by molar-refractivity contribution is -0.148. The van der Waals surface area contributed by atoms with E-state index in [2.05, 4.69) is 17.2 Å². The number of ketones is 2. The second-order valence-electron chi connectivity index (χ2n) is 16.0. The maximum Gasteiger partial charge on any atom is 0.372 e. The van der Waals surface area contributed by atoms with E-state index in [-0.39, 0.29) is 72.3 Å². The summed E-state index contributed by atoms with van der Waals surface area (Å²) < 4.78 is 17.4. The zero-order valence-corrected chi connectivity index (χ0v) is 38.6. The van der Waals surface area contributed by atoms with Crippen LogP contribution in [0.3, 0.4) is 0 Å². The minimum atomic E-state index is -1.63. The number of nitrogens with zero attached hydrogens (tertiary/aromatic N) is 1. The van der Waals surface area contributed by atoms with Gasteiger partial charge in [-0.25, -0.2) is 9.59 Å². The first kappa shape index (κ1) is 54.5. The molecule has 1 aliphatic rings. The van der Waals surface area contributed by atoms with E-state index in [1.807, 2.05) is 4.90 Å². The van der Waals surface area contributed by atoms with Gasteiger partial charge in [0.2, 0.25) is 11.6 Å². The van der Waals surface area contributed by atoms with Crippen LogP contribution in [0.1, 0.15) is 74.7 Å². The summed E-state index contributed by atoms with van der Waals surface area (Å²) in [7, 11) is 0. The van der Waals surface area contributed by atoms with Crippen molar-refractivity contribution in [2.75, 3.05) is 32.8 Å². The highest BCUT2D eigenvalue weighted by Crippen LogP contribution is 2.25. The van der Waals surface area contributed by atoms with Gasteiger partial charge in [-0.2, -0.15) is 0 Å². The van der Waals surface area contributed by atoms with Gasteiger partial charge in [0.25, 0.3) is 11.8 Å². The Labute approximate surface area is 407 Å². The van der Waals surface area contributed by atoms with Crippen molar-refractivity contribution in [3.63, 3.8) is 0 Å². The van der Waals surface area contributed by atoms with E-state index in [9.17, 15) is 38.7 Å². The molecule has 0 aromatic heterocycles. The smallest absolute Gasteiger partial charge is 0.372 e. The van der Waals surface area contributed by atoms with E-state index < -0.39 is 54.3 Å². The van der Waals surface area contributed by atoms with Crippen molar-refractivity contribution in [3.8, 4) is 17.2 Å². The Morgan fingerprint density at radius 2 is 1.17 bits per heavy atom. The van der Waals surface area contributed by atoms with Gasteiger partial charge in [-0.3, -0.25) is 40.2 Å². The van der Waals surface area contributed by atoms with E-state index in [0.29, 0.717) is 45.3 Å². The van der Waals surface area contributed by atoms with E-state index in [1.165, 1.54) is 42.5 Å². The molecule has 374 valence electrons. The predicted molar refractivity (Wildman–Crippen MR) is 259 cm³/mol. The van der Waals surface area contributed by atoms with Gasteiger partial charge in [-0.1, -0.05) is 43.0 Å². The number of nitrogens with two attached hydrogens (primary N) is 3. The molecule has 1 aliphatic heterocycles. The summed E-state index contributed by atoms with van der Waals surface area (Å²) >= 11 is 0. The number of benzene rings is 4. The van der Waals surface area contributed by atoms with Crippen molar-refractivity contribution in [1.29, 1.82) is 16.2 Å². The zero-order valence-electron chi connectivity index (χ0n) is 38.6. The third-order valence-electron chi connectivity index (χ3n) is 10.6. The number of piperidine rings is 1. The summed E-state index contributed by atoms with van der Waals surface area (Å²) in [5, 5.41) is 55.0. The molecular formula is C49H55N9O13. The van der Waals surface area contributed by atoms with Crippen LogP contribution in [-0.2, 0) is 36.8 Å². The molecule has 0 aliphatic carbocycles.